The molecule has 0 fully saturated rings. The summed E-state index contributed by atoms with van der Waals surface area (Å²) in [5.74, 6) is 1.09. The molecule has 0 spiro atoms. The number of aryl methyl sites for hydroxylation is 1. The van der Waals surface area contributed by atoms with Crippen molar-refractivity contribution in [2.75, 3.05) is 5.32 Å². The lowest BCUT2D eigenvalue weighted by molar-refractivity contribution is -0.111. The summed E-state index contributed by atoms with van der Waals surface area (Å²) < 4.78 is 6.92. The number of benzene rings is 1. The summed E-state index contributed by atoms with van der Waals surface area (Å²) >= 11 is 6.01. The molecule has 0 saturated heterocycles. The molecule has 1 N–H and O–H groups in total. The molecule has 1 aromatic carbocycles. The van der Waals surface area contributed by atoms with Gasteiger partial charge in [-0.05, 0) is 43.3 Å². The predicted octanol–water partition coefficient (Wildman–Crippen LogP) is 3.47. The highest BCUT2D eigenvalue weighted by atomic mass is 35.5. The van der Waals surface area contributed by atoms with Crippen molar-refractivity contribution in [3.63, 3.8) is 0 Å². The maximum absolute atomic E-state index is 12.1. The van der Waals surface area contributed by atoms with E-state index in [1.54, 1.807) is 41.4 Å². The third-order valence-corrected chi connectivity index (χ3v) is 3.28. The van der Waals surface area contributed by atoms with Gasteiger partial charge in [-0.25, -0.2) is 9.67 Å². The zero-order valence-electron chi connectivity index (χ0n) is 12.2. The van der Waals surface area contributed by atoms with Gasteiger partial charge in [0.15, 0.2) is 0 Å². The Morgan fingerprint density at radius 1 is 1.35 bits per heavy atom. The molecule has 0 aliphatic rings. The van der Waals surface area contributed by atoms with E-state index in [0.717, 1.165) is 5.76 Å². The van der Waals surface area contributed by atoms with Gasteiger partial charge in [-0.15, -0.1) is 0 Å². The van der Waals surface area contributed by atoms with Crippen LogP contribution in [0.25, 0.3) is 11.8 Å². The first-order chi connectivity index (χ1) is 11.1. The maximum atomic E-state index is 12.1. The number of anilines is 1. The SMILES string of the molecule is Cc1ccc(/C=C/C(=O)Nc2cc(Cl)ccc2-n2cncn2)o1. The largest absolute Gasteiger partial charge is 0.462 e. The highest BCUT2D eigenvalue weighted by Gasteiger charge is 2.08. The standard InChI is InChI=1S/C16H13ClN4O2/c1-11-2-4-13(23-11)5-7-16(22)20-14-8-12(17)3-6-15(14)21-10-18-9-19-21/h2-10H,1H3,(H,20,22)/b7-5+. The monoisotopic (exact) mass is 328 g/mol. The molecule has 0 saturated carbocycles. The van der Waals surface area contributed by atoms with Gasteiger partial charge in [-0.1, -0.05) is 11.6 Å². The van der Waals surface area contributed by atoms with E-state index in [0.29, 0.717) is 22.2 Å². The van der Waals surface area contributed by atoms with Crippen LogP contribution in [-0.2, 0) is 4.79 Å². The first kappa shape index (κ1) is 15.1. The summed E-state index contributed by atoms with van der Waals surface area (Å²) in [4.78, 5) is 16.0. The van der Waals surface area contributed by atoms with Crippen molar-refractivity contribution in [3.05, 3.63) is 65.6 Å². The summed E-state index contributed by atoms with van der Waals surface area (Å²) in [6, 6.07) is 8.75. The van der Waals surface area contributed by atoms with Crippen molar-refractivity contribution in [2.45, 2.75) is 6.92 Å². The van der Waals surface area contributed by atoms with Crippen LogP contribution in [0.1, 0.15) is 11.5 Å². The Hall–Kier alpha value is -2.86. The third kappa shape index (κ3) is 3.67. The number of carbonyl (C=O) groups is 1. The van der Waals surface area contributed by atoms with Crippen LogP contribution in [0.5, 0.6) is 0 Å². The van der Waals surface area contributed by atoms with E-state index in [1.807, 2.05) is 13.0 Å². The maximum Gasteiger partial charge on any atom is 0.248 e. The summed E-state index contributed by atoms with van der Waals surface area (Å²) in [7, 11) is 0. The highest BCUT2D eigenvalue weighted by Crippen LogP contribution is 2.24. The lowest BCUT2D eigenvalue weighted by Crippen LogP contribution is -2.11. The molecule has 1 amide bonds. The molecule has 3 aromatic rings. The molecule has 0 unspecified atom stereocenters. The summed E-state index contributed by atoms with van der Waals surface area (Å²) in [5, 5.41) is 7.34. The lowest BCUT2D eigenvalue weighted by atomic mass is 10.2. The van der Waals surface area contributed by atoms with Crippen molar-refractivity contribution >= 4 is 29.3 Å². The number of aromatic nitrogens is 3. The average Bonchev–Trinajstić information content (AvgIpc) is 3.17. The molecule has 0 atom stereocenters. The van der Waals surface area contributed by atoms with Gasteiger partial charge < -0.3 is 9.73 Å². The molecule has 2 aromatic heterocycles. The Balaban J connectivity index is 1.80. The van der Waals surface area contributed by atoms with Gasteiger partial charge in [-0.3, -0.25) is 4.79 Å². The second-order valence-electron chi connectivity index (χ2n) is 4.77. The van der Waals surface area contributed by atoms with Gasteiger partial charge in [0.25, 0.3) is 0 Å². The molecule has 2 heterocycles. The zero-order chi connectivity index (χ0) is 16.2. The lowest BCUT2D eigenvalue weighted by Gasteiger charge is -2.09. The molecular formula is C16H13ClN4O2. The van der Waals surface area contributed by atoms with Crippen LogP contribution in [-0.4, -0.2) is 20.7 Å². The number of nitrogens with one attached hydrogen (secondary N) is 1. The minimum Gasteiger partial charge on any atom is -0.462 e. The summed E-state index contributed by atoms with van der Waals surface area (Å²) in [6.07, 6.45) is 5.95. The normalized spacial score (nSPS) is 11.0. The Morgan fingerprint density at radius 2 is 2.22 bits per heavy atom. The molecule has 7 heteroatoms. The van der Waals surface area contributed by atoms with Gasteiger partial charge in [0.1, 0.15) is 24.2 Å². The minimum absolute atomic E-state index is 0.303. The van der Waals surface area contributed by atoms with Crippen LogP contribution in [0.4, 0.5) is 5.69 Å². The molecule has 0 aliphatic carbocycles. The van der Waals surface area contributed by atoms with Gasteiger partial charge in [-0.2, -0.15) is 5.10 Å². The fourth-order valence-electron chi connectivity index (χ4n) is 2.02. The average molecular weight is 329 g/mol. The number of nitrogens with zero attached hydrogens (tertiary/aromatic N) is 3. The van der Waals surface area contributed by atoms with Gasteiger partial charge in [0.05, 0.1) is 11.4 Å². The Bertz CT molecular complexity index is 853. The number of rotatable bonds is 4. The van der Waals surface area contributed by atoms with E-state index >= 15 is 0 Å². The van der Waals surface area contributed by atoms with Gasteiger partial charge >= 0.3 is 0 Å². The number of hydrogen-bond acceptors (Lipinski definition) is 4. The van der Waals surface area contributed by atoms with Gasteiger partial charge in [0, 0.05) is 11.1 Å². The molecule has 116 valence electrons. The van der Waals surface area contributed by atoms with Crippen LogP contribution in [0.15, 0.2) is 53.5 Å². The van der Waals surface area contributed by atoms with Crippen LogP contribution in [0, 0.1) is 6.92 Å². The molecule has 6 nitrogen and oxygen atoms in total. The van der Waals surface area contributed by atoms with E-state index in [2.05, 4.69) is 15.4 Å². The molecule has 0 bridgehead atoms. The number of amides is 1. The number of hydrogen-bond donors (Lipinski definition) is 1. The van der Waals surface area contributed by atoms with Crippen LogP contribution in [0.3, 0.4) is 0 Å². The first-order valence-electron chi connectivity index (χ1n) is 6.82. The fraction of sp³-hybridized carbons (Fsp3) is 0.0625. The van der Waals surface area contributed by atoms with Crippen LogP contribution < -0.4 is 5.32 Å². The van der Waals surface area contributed by atoms with Crippen molar-refractivity contribution in [1.82, 2.24) is 14.8 Å². The molecular weight excluding hydrogens is 316 g/mol. The van der Waals surface area contributed by atoms with E-state index in [-0.39, 0.29) is 5.91 Å². The quantitative estimate of drug-likeness (QED) is 0.744. The highest BCUT2D eigenvalue weighted by molar-refractivity contribution is 6.31. The second kappa shape index (κ2) is 6.50. The van der Waals surface area contributed by atoms with E-state index in [9.17, 15) is 4.79 Å². The smallest absolute Gasteiger partial charge is 0.248 e. The van der Waals surface area contributed by atoms with Crippen molar-refractivity contribution in [2.24, 2.45) is 0 Å². The Labute approximate surface area is 137 Å². The van der Waals surface area contributed by atoms with E-state index in [4.69, 9.17) is 16.0 Å². The Morgan fingerprint density at radius 3 is 2.91 bits per heavy atom. The van der Waals surface area contributed by atoms with Crippen molar-refractivity contribution in [1.29, 1.82) is 0 Å². The molecule has 23 heavy (non-hydrogen) atoms. The minimum atomic E-state index is -0.303. The number of halogens is 1. The van der Waals surface area contributed by atoms with Crippen LogP contribution in [0.2, 0.25) is 5.02 Å². The molecule has 0 aliphatic heterocycles. The summed E-state index contributed by atoms with van der Waals surface area (Å²) in [6.45, 7) is 1.84. The van der Waals surface area contributed by atoms with Crippen LogP contribution >= 0.6 is 11.6 Å². The molecule has 3 rings (SSSR count). The fourth-order valence-corrected chi connectivity index (χ4v) is 2.19. The first-order valence-corrected chi connectivity index (χ1v) is 7.20. The second-order valence-corrected chi connectivity index (χ2v) is 5.21. The molecule has 0 radical (unpaired) electrons. The predicted molar refractivity (Wildman–Crippen MR) is 87.5 cm³/mol. The number of carbonyl (C=O) groups excluding carboxylic acids is 1. The van der Waals surface area contributed by atoms with E-state index < -0.39 is 0 Å². The van der Waals surface area contributed by atoms with Gasteiger partial charge in [0.2, 0.25) is 5.91 Å². The number of furan rings is 1. The zero-order valence-corrected chi connectivity index (χ0v) is 13.0. The van der Waals surface area contributed by atoms with Crippen molar-refractivity contribution in [3.8, 4) is 5.69 Å². The van der Waals surface area contributed by atoms with E-state index in [1.165, 1.54) is 12.4 Å². The van der Waals surface area contributed by atoms with Crippen molar-refractivity contribution < 1.29 is 9.21 Å². The Kier molecular flexibility index (Phi) is 4.25. The topological polar surface area (TPSA) is 73.0 Å². The third-order valence-electron chi connectivity index (χ3n) is 3.04. The summed E-state index contributed by atoms with van der Waals surface area (Å²) in [5.41, 5.74) is 1.20.